The summed E-state index contributed by atoms with van der Waals surface area (Å²) in [7, 11) is 0. The van der Waals surface area contributed by atoms with Crippen LogP contribution >= 0.6 is 0 Å². The van der Waals surface area contributed by atoms with E-state index in [1.165, 1.54) is 44.5 Å². The molecule has 1 unspecified atom stereocenters. The maximum atomic E-state index is 8.33. The lowest BCUT2D eigenvalue weighted by atomic mass is 10.0. The first-order chi connectivity index (χ1) is 17.5. The highest BCUT2D eigenvalue weighted by Gasteiger charge is 2.19. The first kappa shape index (κ1) is 23.7. The van der Waals surface area contributed by atoms with Gasteiger partial charge in [-0.3, -0.25) is 0 Å². The van der Waals surface area contributed by atoms with E-state index in [9.17, 15) is 0 Å². The molecule has 0 fully saturated rings. The fourth-order valence-electron chi connectivity index (χ4n) is 5.26. The summed E-state index contributed by atoms with van der Waals surface area (Å²) in [5.74, 6) is 0.889. The van der Waals surface area contributed by atoms with Crippen molar-refractivity contribution in [3.63, 3.8) is 0 Å². The zero-order valence-corrected chi connectivity index (χ0v) is 21.2. The van der Waals surface area contributed by atoms with Crippen molar-refractivity contribution < 1.29 is 0 Å². The minimum atomic E-state index is 0.231. The average Bonchev–Trinajstić information content (AvgIpc) is 3.44. The van der Waals surface area contributed by atoms with Crippen LogP contribution in [0.25, 0.3) is 22.3 Å². The smallest absolute Gasteiger partial charge is 0.0860 e. The molecule has 0 N–H and O–H groups in total. The molecule has 0 aliphatic heterocycles. The van der Waals surface area contributed by atoms with E-state index < -0.39 is 0 Å². The van der Waals surface area contributed by atoms with Crippen molar-refractivity contribution in [1.29, 1.82) is 5.26 Å². The molecule has 3 heteroatoms. The fraction of sp³-hybridized carbons (Fsp3) is 0.242. The van der Waals surface area contributed by atoms with E-state index in [1.807, 2.05) is 6.92 Å². The van der Waals surface area contributed by atoms with Gasteiger partial charge in [0.15, 0.2) is 0 Å². The van der Waals surface area contributed by atoms with E-state index in [4.69, 9.17) is 5.26 Å². The number of hydrogen-bond donors (Lipinski definition) is 0. The monoisotopic (exact) mass is 469 g/mol. The summed E-state index contributed by atoms with van der Waals surface area (Å²) in [5, 5.41) is 17.4. The quantitative estimate of drug-likeness (QED) is 0.237. The van der Waals surface area contributed by atoms with Crippen molar-refractivity contribution >= 4 is 11.4 Å². The van der Waals surface area contributed by atoms with Gasteiger partial charge in [-0.05, 0) is 101 Å². The molecule has 6 rings (SSSR count). The maximum absolute atomic E-state index is 8.33. The third-order valence-corrected chi connectivity index (χ3v) is 6.88. The van der Waals surface area contributed by atoms with Crippen LogP contribution in [0.4, 0.5) is 11.4 Å². The molecule has 0 amide bonds. The largest absolute Gasteiger partial charge is 0.198 e. The summed E-state index contributed by atoms with van der Waals surface area (Å²) < 4.78 is 0. The van der Waals surface area contributed by atoms with Gasteiger partial charge in [-0.1, -0.05) is 74.5 Å². The molecule has 0 bridgehead atoms. The molecular weight excluding hydrogens is 438 g/mol. The van der Waals surface area contributed by atoms with Crippen LogP contribution in [0, 0.1) is 23.2 Å². The van der Waals surface area contributed by atoms with Crippen molar-refractivity contribution in [2.45, 2.75) is 40.0 Å². The van der Waals surface area contributed by atoms with Crippen molar-refractivity contribution in [3.05, 3.63) is 107 Å². The van der Waals surface area contributed by atoms with Gasteiger partial charge in [0.2, 0.25) is 0 Å². The van der Waals surface area contributed by atoms with Gasteiger partial charge in [0.25, 0.3) is 0 Å². The van der Waals surface area contributed by atoms with Gasteiger partial charge < -0.3 is 0 Å². The molecule has 2 aliphatic carbocycles. The van der Waals surface area contributed by atoms with E-state index in [0.717, 1.165) is 30.6 Å². The second-order valence-corrected chi connectivity index (χ2v) is 10.2. The zero-order valence-electron chi connectivity index (χ0n) is 21.2. The Morgan fingerprint density at radius 2 is 1.08 bits per heavy atom. The van der Waals surface area contributed by atoms with Gasteiger partial charge in [-0.2, -0.15) is 15.5 Å². The molecule has 4 aromatic rings. The number of nitrogens with zero attached hydrogens (tertiary/aromatic N) is 3. The van der Waals surface area contributed by atoms with Crippen molar-refractivity contribution in [1.82, 2.24) is 0 Å². The van der Waals surface area contributed by atoms with Gasteiger partial charge in [-0.15, -0.1) is 0 Å². The van der Waals surface area contributed by atoms with Crippen LogP contribution in [-0.2, 0) is 12.8 Å². The van der Waals surface area contributed by atoms with E-state index in [1.54, 1.807) is 0 Å². The Morgan fingerprint density at radius 1 is 0.639 bits per heavy atom. The average molecular weight is 470 g/mol. The molecule has 0 saturated carbocycles. The van der Waals surface area contributed by atoms with Crippen molar-refractivity contribution in [3.8, 4) is 28.3 Å². The highest BCUT2D eigenvalue weighted by atomic mass is 15.1. The van der Waals surface area contributed by atoms with Crippen LogP contribution in [-0.4, -0.2) is 0 Å². The van der Waals surface area contributed by atoms with E-state index in [-0.39, 0.29) is 5.92 Å². The van der Waals surface area contributed by atoms with Gasteiger partial charge in [-0.25, -0.2) is 0 Å². The number of nitriles is 1. The SMILES string of the molecule is CC(C)CC(C)C#N.c1ccc2c(c1)Cc1cc(N=Nc3ccc4c(c3)Cc3ccccc3-4)ccc1-2. The molecule has 0 spiro atoms. The molecule has 4 aromatic carbocycles. The first-order valence-electron chi connectivity index (χ1n) is 12.8. The molecular formula is C33H31N3. The minimum absolute atomic E-state index is 0.231. The Balaban J connectivity index is 0.000000292. The highest BCUT2D eigenvalue weighted by molar-refractivity contribution is 5.79. The van der Waals surface area contributed by atoms with Gasteiger partial charge in [0, 0.05) is 5.92 Å². The summed E-state index contributed by atoms with van der Waals surface area (Å²) in [6.07, 6.45) is 2.98. The van der Waals surface area contributed by atoms with Crippen LogP contribution in [0.1, 0.15) is 49.4 Å². The lowest BCUT2D eigenvalue weighted by Crippen LogP contribution is -1.95. The first-order valence-corrected chi connectivity index (χ1v) is 12.8. The normalized spacial score (nSPS) is 13.3. The summed E-state index contributed by atoms with van der Waals surface area (Å²) in [5.41, 5.74) is 12.6. The van der Waals surface area contributed by atoms with Crippen LogP contribution in [0.2, 0.25) is 0 Å². The molecule has 0 heterocycles. The second-order valence-electron chi connectivity index (χ2n) is 10.2. The van der Waals surface area contributed by atoms with Gasteiger partial charge in [0.05, 0.1) is 17.4 Å². The summed E-state index contributed by atoms with van der Waals surface area (Å²) in [4.78, 5) is 0. The Hall–Kier alpha value is -4.03. The number of fused-ring (bicyclic) bond motifs is 6. The third-order valence-electron chi connectivity index (χ3n) is 6.88. The summed E-state index contributed by atoms with van der Waals surface area (Å²) in [6, 6.07) is 32.3. The van der Waals surface area contributed by atoms with Crippen LogP contribution < -0.4 is 0 Å². The lowest BCUT2D eigenvalue weighted by Gasteiger charge is -2.03. The zero-order chi connectivity index (χ0) is 25.1. The molecule has 0 aromatic heterocycles. The lowest BCUT2D eigenvalue weighted by molar-refractivity contribution is 0.510. The predicted molar refractivity (Wildman–Crippen MR) is 148 cm³/mol. The standard InChI is InChI=1S/C26H18N2.C7H13N/c1-3-7-23-17(5-1)13-19-15-21(9-11-25(19)23)27-28-22-10-12-26-20(16-22)14-18-6-2-4-8-24(18)26;1-6(2)4-7(3)5-8/h1-12,15-16H,13-14H2;6-7H,4H2,1-3H3. The molecule has 2 aliphatic rings. The van der Waals surface area contributed by atoms with Gasteiger partial charge in [0.1, 0.15) is 0 Å². The number of benzene rings is 4. The predicted octanol–water partition coefficient (Wildman–Crippen LogP) is 9.44. The van der Waals surface area contributed by atoms with Crippen LogP contribution in [0.15, 0.2) is 95.2 Å². The number of hydrogen-bond acceptors (Lipinski definition) is 3. The number of azo groups is 1. The topological polar surface area (TPSA) is 48.5 Å². The maximum Gasteiger partial charge on any atom is 0.0860 e. The van der Waals surface area contributed by atoms with E-state index in [2.05, 4.69) is 115 Å². The van der Waals surface area contributed by atoms with Crippen molar-refractivity contribution in [2.75, 3.05) is 0 Å². The molecule has 178 valence electrons. The Kier molecular flexibility index (Phi) is 6.78. The fourth-order valence-corrected chi connectivity index (χ4v) is 5.26. The van der Waals surface area contributed by atoms with E-state index in [0.29, 0.717) is 5.92 Å². The molecule has 0 saturated heterocycles. The Labute approximate surface area is 214 Å². The van der Waals surface area contributed by atoms with Crippen molar-refractivity contribution in [2.24, 2.45) is 22.1 Å². The summed E-state index contributed by atoms with van der Waals surface area (Å²) >= 11 is 0. The van der Waals surface area contributed by atoms with Gasteiger partial charge >= 0.3 is 0 Å². The Morgan fingerprint density at radius 3 is 1.50 bits per heavy atom. The second kappa shape index (κ2) is 10.3. The molecule has 3 nitrogen and oxygen atoms in total. The minimum Gasteiger partial charge on any atom is -0.198 e. The van der Waals surface area contributed by atoms with E-state index >= 15 is 0 Å². The summed E-state index contributed by atoms with van der Waals surface area (Å²) in [6.45, 7) is 6.22. The molecule has 36 heavy (non-hydrogen) atoms. The van der Waals surface area contributed by atoms with Crippen LogP contribution in [0.5, 0.6) is 0 Å². The van der Waals surface area contributed by atoms with Crippen LogP contribution in [0.3, 0.4) is 0 Å². The highest BCUT2D eigenvalue weighted by Crippen LogP contribution is 2.40. The molecule has 0 radical (unpaired) electrons. The third kappa shape index (κ3) is 4.99. The molecule has 1 atom stereocenters. The Bertz CT molecular complexity index is 1370. The number of rotatable bonds is 4.